The molecule has 0 aliphatic carbocycles. The Morgan fingerprint density at radius 3 is 2.63 bits per heavy atom. The van der Waals surface area contributed by atoms with Crippen LogP contribution in [-0.2, 0) is 11.2 Å². The van der Waals surface area contributed by atoms with E-state index in [1.54, 1.807) is 7.11 Å². The number of amides is 1. The van der Waals surface area contributed by atoms with E-state index in [0.29, 0.717) is 17.5 Å². The van der Waals surface area contributed by atoms with E-state index in [1.165, 1.54) is 11.8 Å². The molecule has 1 atom stereocenters. The van der Waals surface area contributed by atoms with E-state index >= 15 is 0 Å². The topological polar surface area (TPSA) is 79.9 Å². The molecule has 1 aromatic heterocycles. The number of ether oxygens (including phenoxy) is 1. The van der Waals surface area contributed by atoms with Gasteiger partial charge in [0.25, 0.3) is 0 Å². The number of aromatic amines is 1. The second-order valence-electron chi connectivity index (χ2n) is 5.98. The van der Waals surface area contributed by atoms with Gasteiger partial charge < -0.3 is 10.1 Å². The number of H-pyrrole nitrogens is 1. The number of benzene rings is 2. The Morgan fingerprint density at radius 2 is 1.93 bits per heavy atom. The van der Waals surface area contributed by atoms with Crippen molar-refractivity contribution in [3.63, 3.8) is 0 Å². The lowest BCUT2D eigenvalue weighted by Crippen LogP contribution is -2.32. The second kappa shape index (κ2) is 9.23. The monoisotopic (exact) mass is 382 g/mol. The summed E-state index contributed by atoms with van der Waals surface area (Å²) in [6.45, 7) is 2.44. The van der Waals surface area contributed by atoms with E-state index in [2.05, 4.69) is 20.5 Å². The maximum absolute atomic E-state index is 12.3. The lowest BCUT2D eigenvalue weighted by molar-refractivity contribution is -0.120. The summed E-state index contributed by atoms with van der Waals surface area (Å²) in [4.78, 5) is 16.7. The molecule has 0 spiro atoms. The summed E-state index contributed by atoms with van der Waals surface area (Å²) in [5.41, 5.74) is 2.12. The zero-order valence-corrected chi connectivity index (χ0v) is 16.1. The second-order valence-corrected chi connectivity index (χ2v) is 7.29. The van der Waals surface area contributed by atoms with Crippen molar-refractivity contribution in [1.29, 1.82) is 0 Å². The fraction of sp³-hybridized carbons (Fsp3) is 0.250. The predicted molar refractivity (Wildman–Crippen MR) is 107 cm³/mol. The average Bonchev–Trinajstić information content (AvgIpc) is 3.17. The summed E-state index contributed by atoms with van der Waals surface area (Å²) >= 11 is 1.34. The van der Waals surface area contributed by atoms with E-state index in [9.17, 15) is 4.79 Å². The summed E-state index contributed by atoms with van der Waals surface area (Å²) < 4.78 is 5.14. The first-order valence-corrected chi connectivity index (χ1v) is 9.59. The number of nitrogens with one attached hydrogen (secondary N) is 2. The third-order valence-electron chi connectivity index (χ3n) is 4.04. The third-order valence-corrected chi connectivity index (χ3v) is 5.00. The average molecular weight is 382 g/mol. The first kappa shape index (κ1) is 19.0. The van der Waals surface area contributed by atoms with Gasteiger partial charge >= 0.3 is 0 Å². The number of thioether (sulfide) groups is 1. The van der Waals surface area contributed by atoms with Crippen LogP contribution < -0.4 is 10.1 Å². The van der Waals surface area contributed by atoms with Crippen LogP contribution in [0.4, 0.5) is 0 Å². The van der Waals surface area contributed by atoms with Gasteiger partial charge in [0.2, 0.25) is 11.1 Å². The molecule has 0 aliphatic rings. The van der Waals surface area contributed by atoms with E-state index in [-0.39, 0.29) is 11.2 Å². The molecule has 6 nitrogen and oxygen atoms in total. The van der Waals surface area contributed by atoms with Gasteiger partial charge in [0.15, 0.2) is 5.82 Å². The Morgan fingerprint density at radius 1 is 1.19 bits per heavy atom. The van der Waals surface area contributed by atoms with E-state index in [1.807, 2.05) is 61.5 Å². The van der Waals surface area contributed by atoms with Crippen LogP contribution in [0, 0.1) is 0 Å². The normalized spacial score (nSPS) is 11.8. The minimum absolute atomic E-state index is 0.0282. The van der Waals surface area contributed by atoms with Crippen molar-refractivity contribution in [2.24, 2.45) is 0 Å². The Labute approximate surface area is 162 Å². The largest absolute Gasteiger partial charge is 0.497 e. The molecule has 1 heterocycles. The van der Waals surface area contributed by atoms with Gasteiger partial charge in [0.1, 0.15) is 5.75 Å². The van der Waals surface area contributed by atoms with Crippen LogP contribution in [-0.4, -0.2) is 40.0 Å². The molecular weight excluding hydrogens is 360 g/mol. The van der Waals surface area contributed by atoms with Crippen molar-refractivity contribution in [2.75, 3.05) is 13.7 Å². The Kier molecular flexibility index (Phi) is 6.49. The number of aromatic nitrogens is 3. The lowest BCUT2D eigenvalue weighted by atomic mass is 10.1. The van der Waals surface area contributed by atoms with Gasteiger partial charge in [-0.15, -0.1) is 5.10 Å². The number of nitrogens with zero attached hydrogens (tertiary/aromatic N) is 2. The zero-order chi connectivity index (χ0) is 19.1. The highest BCUT2D eigenvalue weighted by Gasteiger charge is 2.17. The number of methoxy groups -OCH3 is 1. The molecule has 0 aliphatic heterocycles. The van der Waals surface area contributed by atoms with Crippen LogP contribution in [0.1, 0.15) is 12.5 Å². The minimum Gasteiger partial charge on any atom is -0.497 e. The number of carbonyl (C=O) groups excluding carboxylic acids is 1. The summed E-state index contributed by atoms with van der Waals surface area (Å²) in [6.07, 6.45) is 0.770. The number of hydrogen-bond donors (Lipinski definition) is 2. The van der Waals surface area contributed by atoms with Crippen LogP contribution in [0.5, 0.6) is 5.75 Å². The lowest BCUT2D eigenvalue weighted by Gasteiger charge is -2.10. The smallest absolute Gasteiger partial charge is 0.233 e. The molecule has 27 heavy (non-hydrogen) atoms. The van der Waals surface area contributed by atoms with E-state index in [0.717, 1.165) is 23.3 Å². The Hall–Kier alpha value is -2.80. The van der Waals surface area contributed by atoms with Gasteiger partial charge in [0, 0.05) is 12.1 Å². The molecule has 0 radical (unpaired) electrons. The van der Waals surface area contributed by atoms with E-state index < -0.39 is 0 Å². The molecule has 0 bridgehead atoms. The van der Waals surface area contributed by atoms with Gasteiger partial charge in [0.05, 0.1) is 12.4 Å². The zero-order valence-electron chi connectivity index (χ0n) is 15.3. The maximum atomic E-state index is 12.3. The molecule has 3 aromatic rings. The highest BCUT2D eigenvalue weighted by atomic mass is 32.2. The molecule has 0 saturated carbocycles. The van der Waals surface area contributed by atoms with E-state index in [4.69, 9.17) is 4.74 Å². The fourth-order valence-corrected chi connectivity index (χ4v) is 3.25. The Bertz CT molecular complexity index is 865. The molecule has 0 unspecified atom stereocenters. The molecule has 140 valence electrons. The van der Waals surface area contributed by atoms with Crippen molar-refractivity contribution >= 4 is 17.7 Å². The predicted octanol–water partition coefficient (Wildman–Crippen LogP) is 3.32. The van der Waals surface area contributed by atoms with Crippen LogP contribution >= 0.6 is 11.8 Å². The first-order valence-electron chi connectivity index (χ1n) is 8.71. The number of rotatable bonds is 8. The highest BCUT2D eigenvalue weighted by molar-refractivity contribution is 8.00. The highest BCUT2D eigenvalue weighted by Crippen LogP contribution is 2.22. The maximum Gasteiger partial charge on any atom is 0.233 e. The molecule has 0 saturated heterocycles. The third kappa shape index (κ3) is 5.34. The summed E-state index contributed by atoms with van der Waals surface area (Å²) in [5, 5.41) is 10.4. The number of hydrogen-bond acceptors (Lipinski definition) is 5. The van der Waals surface area contributed by atoms with Gasteiger partial charge in [-0.3, -0.25) is 9.89 Å². The van der Waals surface area contributed by atoms with Crippen molar-refractivity contribution in [3.8, 4) is 17.1 Å². The molecule has 3 rings (SSSR count). The van der Waals surface area contributed by atoms with Crippen LogP contribution in [0.3, 0.4) is 0 Å². The van der Waals surface area contributed by atoms with Crippen LogP contribution in [0.25, 0.3) is 11.4 Å². The molecule has 0 fully saturated rings. The number of carbonyl (C=O) groups is 1. The molecule has 2 aromatic carbocycles. The van der Waals surface area contributed by atoms with Gasteiger partial charge in [-0.2, -0.15) is 0 Å². The Balaban J connectivity index is 1.47. The quantitative estimate of drug-likeness (QED) is 0.584. The SMILES string of the molecule is COc1ccc(CCNC(=O)[C@@H](C)Sc2n[nH]c(-c3ccccc3)n2)cc1. The van der Waals surface area contributed by atoms with Crippen molar-refractivity contribution in [3.05, 3.63) is 60.2 Å². The summed E-state index contributed by atoms with van der Waals surface area (Å²) in [7, 11) is 1.64. The van der Waals surface area contributed by atoms with Crippen LogP contribution in [0.2, 0.25) is 0 Å². The standard InChI is InChI=1S/C20H22N4O2S/c1-14(19(25)21-13-12-15-8-10-17(26-2)11-9-15)27-20-22-18(23-24-20)16-6-4-3-5-7-16/h3-11,14H,12-13H2,1-2H3,(H,21,25)(H,22,23,24)/t14-/m1/s1. The molecule has 7 heteroatoms. The van der Waals surface area contributed by atoms with Crippen molar-refractivity contribution < 1.29 is 9.53 Å². The molecular formula is C20H22N4O2S. The fourth-order valence-electron chi connectivity index (χ4n) is 2.50. The summed E-state index contributed by atoms with van der Waals surface area (Å²) in [6, 6.07) is 17.6. The minimum atomic E-state index is -0.278. The summed E-state index contributed by atoms with van der Waals surface area (Å²) in [5.74, 6) is 1.50. The molecule has 2 N–H and O–H groups in total. The van der Waals surface area contributed by atoms with Gasteiger partial charge in [-0.05, 0) is 31.0 Å². The van der Waals surface area contributed by atoms with Gasteiger partial charge in [-0.25, -0.2) is 4.98 Å². The van der Waals surface area contributed by atoms with Crippen molar-refractivity contribution in [2.45, 2.75) is 23.8 Å². The first-order chi connectivity index (χ1) is 13.2. The van der Waals surface area contributed by atoms with Gasteiger partial charge in [-0.1, -0.05) is 54.2 Å². The van der Waals surface area contributed by atoms with Crippen LogP contribution in [0.15, 0.2) is 59.8 Å². The van der Waals surface area contributed by atoms with Crippen molar-refractivity contribution in [1.82, 2.24) is 20.5 Å². The molecule has 1 amide bonds.